The van der Waals surface area contributed by atoms with E-state index in [9.17, 15) is 14.4 Å². The first-order valence-corrected chi connectivity index (χ1v) is 11.5. The molecule has 4 aromatic rings. The van der Waals surface area contributed by atoms with Crippen LogP contribution in [0.5, 0.6) is 0 Å². The first-order valence-electron chi connectivity index (χ1n) is 10.3. The van der Waals surface area contributed by atoms with E-state index in [-0.39, 0.29) is 12.3 Å². The van der Waals surface area contributed by atoms with Crippen LogP contribution in [0.4, 0.5) is 5.69 Å². The van der Waals surface area contributed by atoms with Crippen molar-refractivity contribution in [1.29, 1.82) is 0 Å². The number of fused-ring (bicyclic) bond motifs is 1. The average Bonchev–Trinajstić information content (AvgIpc) is 3.23. The van der Waals surface area contributed by atoms with E-state index in [1.54, 1.807) is 29.4 Å². The van der Waals surface area contributed by atoms with Crippen LogP contribution in [0.15, 0.2) is 74.2 Å². The van der Waals surface area contributed by atoms with Crippen molar-refractivity contribution in [2.24, 2.45) is 14.1 Å². The summed E-state index contributed by atoms with van der Waals surface area (Å²) in [5.41, 5.74) is 0.468. The number of rotatable bonds is 7. The molecule has 8 nitrogen and oxygen atoms in total. The molecule has 0 unspecified atom stereocenters. The Kier molecular flexibility index (Phi) is 6.71. The largest absolute Gasteiger partial charge is 0.332 e. The normalized spacial score (nSPS) is 11.1. The third kappa shape index (κ3) is 4.89. The van der Waals surface area contributed by atoms with E-state index >= 15 is 0 Å². The summed E-state index contributed by atoms with van der Waals surface area (Å²) in [5, 5.41) is 3.42. The molecule has 0 saturated carbocycles. The van der Waals surface area contributed by atoms with Crippen LogP contribution in [0.2, 0.25) is 5.02 Å². The van der Waals surface area contributed by atoms with E-state index in [4.69, 9.17) is 11.6 Å². The Morgan fingerprint density at radius 3 is 2.58 bits per heavy atom. The predicted octanol–water partition coefficient (Wildman–Crippen LogP) is 3.66. The molecule has 33 heavy (non-hydrogen) atoms. The fraction of sp³-hybridized carbons (Fsp3) is 0.217. The van der Waals surface area contributed by atoms with Crippen molar-refractivity contribution in [2.75, 3.05) is 5.32 Å². The quantitative estimate of drug-likeness (QED) is 0.433. The predicted molar refractivity (Wildman–Crippen MR) is 130 cm³/mol. The molecule has 0 aliphatic carbocycles. The van der Waals surface area contributed by atoms with Gasteiger partial charge in [-0.05, 0) is 36.8 Å². The molecule has 0 aliphatic heterocycles. The number of hydrogen-bond acceptors (Lipinski definition) is 5. The molecule has 170 valence electrons. The van der Waals surface area contributed by atoms with E-state index in [2.05, 4.69) is 10.3 Å². The molecule has 4 rings (SSSR count). The van der Waals surface area contributed by atoms with Gasteiger partial charge in [-0.1, -0.05) is 41.6 Å². The summed E-state index contributed by atoms with van der Waals surface area (Å²) in [5.74, 6) is -0.153. The van der Waals surface area contributed by atoms with Gasteiger partial charge in [0.1, 0.15) is 0 Å². The summed E-state index contributed by atoms with van der Waals surface area (Å²) in [7, 11) is 3.01. The van der Waals surface area contributed by atoms with E-state index < -0.39 is 11.2 Å². The van der Waals surface area contributed by atoms with Crippen molar-refractivity contribution in [2.45, 2.75) is 29.2 Å². The molecule has 2 heterocycles. The number of aryl methyl sites for hydroxylation is 2. The number of carbonyl (C=O) groups excluding carboxylic acids is 1. The summed E-state index contributed by atoms with van der Waals surface area (Å²) in [6.07, 6.45) is 2.27. The fourth-order valence-electron chi connectivity index (χ4n) is 3.48. The van der Waals surface area contributed by atoms with Gasteiger partial charge >= 0.3 is 5.69 Å². The number of nitrogens with one attached hydrogen (secondary N) is 1. The van der Waals surface area contributed by atoms with Crippen LogP contribution in [0.3, 0.4) is 0 Å². The number of halogens is 1. The van der Waals surface area contributed by atoms with Crippen LogP contribution < -0.4 is 16.6 Å². The Bertz CT molecular complexity index is 1440. The number of hydrogen-bond donors (Lipinski definition) is 1. The van der Waals surface area contributed by atoms with E-state index in [0.717, 1.165) is 14.4 Å². The van der Waals surface area contributed by atoms with Crippen LogP contribution in [-0.4, -0.2) is 24.6 Å². The van der Waals surface area contributed by atoms with Crippen molar-refractivity contribution >= 4 is 46.1 Å². The second-order valence-electron chi connectivity index (χ2n) is 7.53. The lowest BCUT2D eigenvalue weighted by Crippen LogP contribution is -2.37. The highest BCUT2D eigenvalue weighted by atomic mass is 35.5. The summed E-state index contributed by atoms with van der Waals surface area (Å²) in [6.45, 7) is 0.421. The molecule has 0 fully saturated rings. The lowest BCUT2D eigenvalue weighted by Gasteiger charge is -2.09. The average molecular weight is 484 g/mol. The van der Waals surface area contributed by atoms with Crippen molar-refractivity contribution in [1.82, 2.24) is 18.7 Å². The molecule has 0 spiro atoms. The first kappa shape index (κ1) is 22.9. The second kappa shape index (κ2) is 9.68. The van der Waals surface area contributed by atoms with E-state index in [0.29, 0.717) is 34.8 Å². The SMILES string of the molecule is Cn1c(=O)c2c(ncn2CCCC(=O)Nc2ccc(Sc3ccccc3)c(Cl)c2)n(C)c1=O. The monoisotopic (exact) mass is 483 g/mol. The Balaban J connectivity index is 1.37. The zero-order chi connectivity index (χ0) is 23.5. The lowest BCUT2D eigenvalue weighted by atomic mass is 10.2. The smallest absolute Gasteiger partial charge is 0.326 e. The van der Waals surface area contributed by atoms with Gasteiger partial charge < -0.3 is 9.88 Å². The molecular weight excluding hydrogens is 462 g/mol. The van der Waals surface area contributed by atoms with Gasteiger partial charge in [0.05, 0.1) is 11.3 Å². The van der Waals surface area contributed by atoms with Gasteiger partial charge in [-0.15, -0.1) is 0 Å². The number of amides is 1. The van der Waals surface area contributed by atoms with Crippen LogP contribution in [0.1, 0.15) is 12.8 Å². The summed E-state index contributed by atoms with van der Waals surface area (Å²) in [6, 6.07) is 15.4. The molecule has 2 aromatic carbocycles. The van der Waals surface area contributed by atoms with Gasteiger partial charge in [0.15, 0.2) is 11.2 Å². The highest BCUT2D eigenvalue weighted by Crippen LogP contribution is 2.34. The minimum absolute atomic E-state index is 0.153. The molecule has 10 heteroatoms. The molecule has 0 radical (unpaired) electrons. The summed E-state index contributed by atoms with van der Waals surface area (Å²) < 4.78 is 4.07. The molecule has 2 aromatic heterocycles. The molecule has 0 aliphatic rings. The van der Waals surface area contributed by atoms with Gasteiger partial charge in [0, 0.05) is 42.5 Å². The maximum absolute atomic E-state index is 12.5. The molecule has 0 bridgehead atoms. The van der Waals surface area contributed by atoms with Crippen molar-refractivity contribution < 1.29 is 4.79 Å². The number of anilines is 1. The zero-order valence-electron chi connectivity index (χ0n) is 18.1. The minimum Gasteiger partial charge on any atom is -0.326 e. The van der Waals surface area contributed by atoms with Gasteiger partial charge in [0.2, 0.25) is 5.91 Å². The number of carbonyl (C=O) groups is 1. The Morgan fingerprint density at radius 1 is 1.09 bits per heavy atom. The highest BCUT2D eigenvalue weighted by molar-refractivity contribution is 7.99. The summed E-state index contributed by atoms with van der Waals surface area (Å²) in [4.78, 5) is 43.1. The fourth-order valence-corrected chi connectivity index (χ4v) is 4.61. The van der Waals surface area contributed by atoms with Gasteiger partial charge in [0.25, 0.3) is 5.56 Å². The number of nitrogens with zero attached hydrogens (tertiary/aromatic N) is 4. The van der Waals surface area contributed by atoms with Gasteiger partial charge in [-0.2, -0.15) is 0 Å². The third-order valence-electron chi connectivity index (χ3n) is 5.21. The van der Waals surface area contributed by atoms with Crippen LogP contribution in [-0.2, 0) is 25.4 Å². The maximum atomic E-state index is 12.5. The van der Waals surface area contributed by atoms with Crippen LogP contribution >= 0.6 is 23.4 Å². The van der Waals surface area contributed by atoms with Crippen molar-refractivity contribution in [3.05, 3.63) is 80.7 Å². The molecular formula is C23H22ClN5O3S. The van der Waals surface area contributed by atoms with Crippen molar-refractivity contribution in [3.63, 3.8) is 0 Å². The standard InChI is InChI=1S/C23H22ClN5O3S/c1-27-21-20(22(31)28(2)23(27)32)29(14-25-21)12-6-9-19(30)26-15-10-11-18(17(24)13-15)33-16-7-4-3-5-8-16/h3-5,7-8,10-11,13-14H,6,9,12H2,1-2H3,(H,26,30). The number of benzene rings is 2. The number of imidazole rings is 1. The van der Waals surface area contributed by atoms with Crippen molar-refractivity contribution in [3.8, 4) is 0 Å². The highest BCUT2D eigenvalue weighted by Gasteiger charge is 2.14. The van der Waals surface area contributed by atoms with Gasteiger partial charge in [-0.25, -0.2) is 9.78 Å². The summed E-state index contributed by atoms with van der Waals surface area (Å²) >= 11 is 7.96. The van der Waals surface area contributed by atoms with E-state index in [1.165, 1.54) is 17.9 Å². The van der Waals surface area contributed by atoms with Crippen LogP contribution in [0, 0.1) is 0 Å². The zero-order valence-corrected chi connectivity index (χ0v) is 19.7. The third-order valence-corrected chi connectivity index (χ3v) is 6.72. The maximum Gasteiger partial charge on any atom is 0.332 e. The molecule has 1 N–H and O–H groups in total. The molecule has 0 atom stereocenters. The van der Waals surface area contributed by atoms with Gasteiger partial charge in [-0.3, -0.25) is 18.7 Å². The Hall–Kier alpha value is -3.30. The lowest BCUT2D eigenvalue weighted by molar-refractivity contribution is -0.116. The topological polar surface area (TPSA) is 90.9 Å². The molecule has 0 saturated heterocycles. The first-order chi connectivity index (χ1) is 15.8. The molecule has 1 amide bonds. The van der Waals surface area contributed by atoms with E-state index in [1.807, 2.05) is 42.5 Å². The van der Waals surface area contributed by atoms with Crippen LogP contribution in [0.25, 0.3) is 11.2 Å². The second-order valence-corrected chi connectivity index (χ2v) is 9.05. The Labute approximate surface area is 198 Å². The Morgan fingerprint density at radius 2 is 1.85 bits per heavy atom. The minimum atomic E-state index is -0.427. The number of aromatic nitrogens is 4.